The molecule has 1 aliphatic rings. The van der Waals surface area contributed by atoms with Gasteiger partial charge in [0.2, 0.25) is 0 Å². The van der Waals surface area contributed by atoms with E-state index < -0.39 is 0 Å². The number of esters is 1. The fraction of sp³-hybridized carbons (Fsp3) is 0.955. The van der Waals surface area contributed by atoms with E-state index in [0.717, 1.165) is 19.4 Å². The molecular formula is C22H43NO2. The fourth-order valence-corrected chi connectivity index (χ4v) is 4.42. The van der Waals surface area contributed by atoms with E-state index in [9.17, 15) is 4.79 Å². The fourth-order valence-electron chi connectivity index (χ4n) is 4.42. The summed E-state index contributed by atoms with van der Waals surface area (Å²) in [4.78, 5) is 14.7. The van der Waals surface area contributed by atoms with Crippen LogP contribution in [0.1, 0.15) is 111 Å². The molecule has 1 saturated heterocycles. The molecule has 0 amide bonds. The first-order valence-corrected chi connectivity index (χ1v) is 10.9. The summed E-state index contributed by atoms with van der Waals surface area (Å²) in [5, 5.41) is 0. The summed E-state index contributed by atoms with van der Waals surface area (Å²) in [6, 6.07) is -0.0127. The normalized spacial score (nSPS) is 18.6. The minimum atomic E-state index is -0.0271. The Morgan fingerprint density at radius 2 is 1.48 bits per heavy atom. The number of likely N-dealkylation sites (tertiary alicyclic amines) is 1. The molecule has 25 heavy (non-hydrogen) atoms. The molecule has 1 fully saturated rings. The highest BCUT2D eigenvalue weighted by atomic mass is 16.5. The number of methoxy groups -OCH3 is 1. The van der Waals surface area contributed by atoms with E-state index in [-0.39, 0.29) is 17.6 Å². The van der Waals surface area contributed by atoms with Crippen molar-refractivity contribution in [3.05, 3.63) is 0 Å². The van der Waals surface area contributed by atoms with Crippen LogP contribution in [0.3, 0.4) is 0 Å². The summed E-state index contributed by atoms with van der Waals surface area (Å²) in [5.74, 6) is -0.0271. The van der Waals surface area contributed by atoms with Crippen molar-refractivity contribution in [3.8, 4) is 0 Å². The quantitative estimate of drug-likeness (QED) is 0.279. The Balaban J connectivity index is 2.63. The molecule has 0 spiro atoms. The van der Waals surface area contributed by atoms with Crippen molar-refractivity contribution >= 4 is 5.97 Å². The standard InChI is InChI=1S/C22H43NO2/c1-5-7-9-11-13-17-22(3,18-14-12-10-8-6-2)23-19-15-16-20(23)21(24)25-4/h20H,5-19H2,1-4H3/t20-/m1/s1. The van der Waals surface area contributed by atoms with Gasteiger partial charge in [0.15, 0.2) is 0 Å². The number of hydrogen-bond donors (Lipinski definition) is 0. The average molecular weight is 354 g/mol. The first kappa shape index (κ1) is 22.5. The Kier molecular flexibility index (Phi) is 11.4. The van der Waals surface area contributed by atoms with E-state index in [1.165, 1.54) is 84.2 Å². The molecule has 1 rings (SSSR count). The molecule has 0 aromatic carbocycles. The van der Waals surface area contributed by atoms with Crippen molar-refractivity contribution < 1.29 is 9.53 Å². The number of unbranched alkanes of at least 4 members (excludes halogenated alkanes) is 8. The molecule has 3 heteroatoms. The summed E-state index contributed by atoms with van der Waals surface area (Å²) in [7, 11) is 1.53. The Morgan fingerprint density at radius 3 is 1.96 bits per heavy atom. The lowest BCUT2D eigenvalue weighted by atomic mass is 9.85. The monoisotopic (exact) mass is 353 g/mol. The van der Waals surface area contributed by atoms with Gasteiger partial charge in [0.05, 0.1) is 7.11 Å². The molecule has 0 radical (unpaired) electrons. The maximum absolute atomic E-state index is 12.2. The van der Waals surface area contributed by atoms with Gasteiger partial charge in [0, 0.05) is 5.54 Å². The van der Waals surface area contributed by atoms with Gasteiger partial charge in [-0.15, -0.1) is 0 Å². The molecule has 0 unspecified atom stereocenters. The molecule has 1 atom stereocenters. The van der Waals surface area contributed by atoms with Gasteiger partial charge in [0.1, 0.15) is 6.04 Å². The molecule has 148 valence electrons. The number of hydrogen-bond acceptors (Lipinski definition) is 3. The second-order valence-electron chi connectivity index (χ2n) is 8.20. The lowest BCUT2D eigenvalue weighted by Crippen LogP contribution is -2.51. The Hall–Kier alpha value is -0.570. The van der Waals surface area contributed by atoms with Gasteiger partial charge in [-0.2, -0.15) is 0 Å². The molecule has 1 aliphatic heterocycles. The Bertz CT molecular complexity index is 342. The van der Waals surface area contributed by atoms with Crippen LogP contribution < -0.4 is 0 Å². The van der Waals surface area contributed by atoms with Gasteiger partial charge in [0.25, 0.3) is 0 Å². The van der Waals surface area contributed by atoms with E-state index in [0.29, 0.717) is 0 Å². The zero-order chi connectivity index (χ0) is 18.5. The van der Waals surface area contributed by atoms with Crippen molar-refractivity contribution in [2.24, 2.45) is 0 Å². The first-order valence-electron chi connectivity index (χ1n) is 10.9. The smallest absolute Gasteiger partial charge is 0.323 e. The molecule has 0 saturated carbocycles. The van der Waals surface area contributed by atoms with Crippen molar-refractivity contribution in [2.75, 3.05) is 13.7 Å². The van der Waals surface area contributed by atoms with Crippen molar-refractivity contribution in [3.63, 3.8) is 0 Å². The first-order chi connectivity index (χ1) is 12.1. The summed E-state index contributed by atoms with van der Waals surface area (Å²) < 4.78 is 5.09. The average Bonchev–Trinajstić information content (AvgIpc) is 3.11. The van der Waals surface area contributed by atoms with Gasteiger partial charge in [-0.25, -0.2) is 0 Å². The van der Waals surface area contributed by atoms with Crippen LogP contribution >= 0.6 is 0 Å². The van der Waals surface area contributed by atoms with Crippen LogP contribution in [0, 0.1) is 0 Å². The Morgan fingerprint density at radius 1 is 0.960 bits per heavy atom. The largest absolute Gasteiger partial charge is 0.468 e. The zero-order valence-corrected chi connectivity index (χ0v) is 17.4. The predicted octanol–water partition coefficient (Wildman–Crippen LogP) is 6.10. The van der Waals surface area contributed by atoms with E-state index >= 15 is 0 Å². The number of rotatable bonds is 14. The molecule has 0 N–H and O–H groups in total. The lowest BCUT2D eigenvalue weighted by molar-refractivity contribution is -0.148. The van der Waals surface area contributed by atoms with Crippen LogP contribution in [0.2, 0.25) is 0 Å². The Labute approximate surface area is 156 Å². The van der Waals surface area contributed by atoms with Crippen LogP contribution in [0.5, 0.6) is 0 Å². The highest BCUT2D eigenvalue weighted by Gasteiger charge is 2.42. The second kappa shape index (κ2) is 12.7. The maximum Gasteiger partial charge on any atom is 0.323 e. The third-order valence-electron chi connectivity index (χ3n) is 6.06. The summed E-state index contributed by atoms with van der Waals surface area (Å²) in [6.07, 6.45) is 17.8. The highest BCUT2D eigenvalue weighted by molar-refractivity contribution is 5.76. The molecule has 0 aliphatic carbocycles. The lowest BCUT2D eigenvalue weighted by Gasteiger charge is -2.42. The van der Waals surface area contributed by atoms with E-state index in [1.807, 2.05) is 0 Å². The number of carbonyl (C=O) groups excluding carboxylic acids is 1. The van der Waals surface area contributed by atoms with Crippen molar-refractivity contribution in [1.82, 2.24) is 4.90 Å². The number of ether oxygens (including phenoxy) is 1. The molecular weight excluding hydrogens is 310 g/mol. The minimum Gasteiger partial charge on any atom is -0.468 e. The molecule has 3 nitrogen and oxygen atoms in total. The number of carbonyl (C=O) groups is 1. The van der Waals surface area contributed by atoms with Gasteiger partial charge < -0.3 is 4.74 Å². The number of nitrogens with zero attached hydrogens (tertiary/aromatic N) is 1. The van der Waals surface area contributed by atoms with Gasteiger partial charge in [-0.3, -0.25) is 9.69 Å². The summed E-state index contributed by atoms with van der Waals surface area (Å²) in [6.45, 7) is 8.01. The third-order valence-corrected chi connectivity index (χ3v) is 6.06. The van der Waals surface area contributed by atoms with Crippen molar-refractivity contribution in [2.45, 2.75) is 122 Å². The van der Waals surface area contributed by atoms with Crippen LogP contribution in [0.4, 0.5) is 0 Å². The van der Waals surface area contributed by atoms with E-state index in [4.69, 9.17) is 4.74 Å². The topological polar surface area (TPSA) is 29.5 Å². The van der Waals surface area contributed by atoms with Crippen LogP contribution in [0.15, 0.2) is 0 Å². The summed E-state index contributed by atoms with van der Waals surface area (Å²) >= 11 is 0. The van der Waals surface area contributed by atoms with Crippen LogP contribution in [-0.2, 0) is 9.53 Å². The van der Waals surface area contributed by atoms with Crippen LogP contribution in [-0.4, -0.2) is 36.1 Å². The molecule has 0 bridgehead atoms. The SMILES string of the molecule is CCCCCCCC(C)(CCCCCCC)N1CCC[C@@H]1C(=O)OC. The van der Waals surface area contributed by atoms with Gasteiger partial charge >= 0.3 is 5.97 Å². The van der Waals surface area contributed by atoms with E-state index in [1.54, 1.807) is 0 Å². The second-order valence-corrected chi connectivity index (χ2v) is 8.20. The van der Waals surface area contributed by atoms with Gasteiger partial charge in [-0.1, -0.05) is 78.1 Å². The minimum absolute atomic E-state index is 0.0127. The molecule has 1 heterocycles. The summed E-state index contributed by atoms with van der Waals surface area (Å²) in [5.41, 5.74) is 0.161. The van der Waals surface area contributed by atoms with E-state index in [2.05, 4.69) is 25.7 Å². The third kappa shape index (κ3) is 7.68. The van der Waals surface area contributed by atoms with Gasteiger partial charge in [-0.05, 0) is 39.2 Å². The highest BCUT2D eigenvalue weighted by Crippen LogP contribution is 2.35. The zero-order valence-electron chi connectivity index (χ0n) is 17.4. The van der Waals surface area contributed by atoms with Crippen LogP contribution in [0.25, 0.3) is 0 Å². The van der Waals surface area contributed by atoms with Crippen molar-refractivity contribution in [1.29, 1.82) is 0 Å². The maximum atomic E-state index is 12.2. The molecule has 0 aromatic rings. The predicted molar refractivity (Wildman–Crippen MR) is 107 cm³/mol. The molecule has 0 aromatic heterocycles.